The number of allylic oxidation sites excluding steroid dienone is 1. The monoisotopic (exact) mass is 334 g/mol. The maximum absolute atomic E-state index is 13.3. The summed E-state index contributed by atoms with van der Waals surface area (Å²) in [4.78, 5) is 13.3. The van der Waals surface area contributed by atoms with Crippen LogP contribution in [-0.2, 0) is 14.3 Å². The van der Waals surface area contributed by atoms with Gasteiger partial charge in [0.05, 0.1) is 19.3 Å². The molecule has 1 saturated heterocycles. The number of fused-ring (bicyclic) bond motifs is 3. The molecule has 1 unspecified atom stereocenters. The number of hydrogen-bond acceptors (Lipinski definition) is 4. The van der Waals surface area contributed by atoms with Crippen LogP contribution in [0.3, 0.4) is 0 Å². The van der Waals surface area contributed by atoms with E-state index in [1.54, 1.807) is 0 Å². The van der Waals surface area contributed by atoms with Crippen LogP contribution in [-0.4, -0.2) is 36.0 Å². The molecule has 1 heterocycles. The molecule has 4 rings (SSSR count). The zero-order valence-electron chi connectivity index (χ0n) is 15.4. The Morgan fingerprint density at radius 2 is 1.75 bits per heavy atom. The summed E-state index contributed by atoms with van der Waals surface area (Å²) in [5, 5.41) is 10.7. The molecule has 1 N–H and O–H groups in total. The van der Waals surface area contributed by atoms with E-state index in [1.165, 1.54) is 5.57 Å². The second-order valence-electron chi connectivity index (χ2n) is 9.29. The van der Waals surface area contributed by atoms with E-state index >= 15 is 0 Å². The van der Waals surface area contributed by atoms with Gasteiger partial charge in [-0.15, -0.1) is 0 Å². The van der Waals surface area contributed by atoms with Crippen LogP contribution in [0.25, 0.3) is 0 Å². The highest BCUT2D eigenvalue weighted by Crippen LogP contribution is 2.67. The second-order valence-corrected chi connectivity index (χ2v) is 9.29. The van der Waals surface area contributed by atoms with Gasteiger partial charge in [-0.25, -0.2) is 0 Å². The lowest BCUT2D eigenvalue weighted by atomic mass is 9.42. The lowest BCUT2D eigenvalue weighted by molar-refractivity contribution is -0.279. The molecule has 0 aromatic heterocycles. The van der Waals surface area contributed by atoms with Gasteiger partial charge in [-0.05, 0) is 24.7 Å². The van der Waals surface area contributed by atoms with E-state index in [4.69, 9.17) is 9.47 Å². The van der Waals surface area contributed by atoms with E-state index in [2.05, 4.69) is 33.8 Å². The average molecular weight is 334 g/mol. The molecule has 134 valence electrons. The van der Waals surface area contributed by atoms with Crippen LogP contribution in [0.2, 0.25) is 0 Å². The van der Waals surface area contributed by atoms with Gasteiger partial charge in [0, 0.05) is 29.6 Å². The number of aliphatic hydroxyl groups excluding tert-OH is 1. The molecule has 3 fully saturated rings. The van der Waals surface area contributed by atoms with Crippen molar-refractivity contribution in [3.8, 4) is 0 Å². The summed E-state index contributed by atoms with van der Waals surface area (Å²) in [5.41, 5.74) is 0.311. The fraction of sp³-hybridized carbons (Fsp3) is 0.850. The molecule has 1 spiro atoms. The topological polar surface area (TPSA) is 55.8 Å². The fourth-order valence-corrected chi connectivity index (χ4v) is 6.61. The van der Waals surface area contributed by atoms with Crippen molar-refractivity contribution in [2.75, 3.05) is 13.2 Å². The molecule has 4 heteroatoms. The quantitative estimate of drug-likeness (QED) is 0.691. The van der Waals surface area contributed by atoms with Gasteiger partial charge >= 0.3 is 0 Å². The van der Waals surface area contributed by atoms with Crippen molar-refractivity contribution in [1.29, 1.82) is 0 Å². The first-order valence-corrected chi connectivity index (χ1v) is 9.37. The average Bonchev–Trinajstić information content (AvgIpc) is 2.96. The lowest BCUT2D eigenvalue weighted by Gasteiger charge is -2.63. The molecule has 0 aromatic carbocycles. The first-order valence-electron chi connectivity index (χ1n) is 9.37. The second kappa shape index (κ2) is 4.93. The summed E-state index contributed by atoms with van der Waals surface area (Å²) in [7, 11) is 0. The Labute approximate surface area is 144 Å². The molecule has 4 nitrogen and oxygen atoms in total. The summed E-state index contributed by atoms with van der Waals surface area (Å²) in [6.45, 7) is 9.82. The van der Waals surface area contributed by atoms with Crippen molar-refractivity contribution in [1.82, 2.24) is 0 Å². The van der Waals surface area contributed by atoms with Crippen LogP contribution in [0.4, 0.5) is 0 Å². The normalized spacial score (nSPS) is 46.4. The third-order valence-corrected chi connectivity index (χ3v) is 7.69. The summed E-state index contributed by atoms with van der Waals surface area (Å²) in [5.74, 6) is -0.489. The van der Waals surface area contributed by atoms with Gasteiger partial charge in [0.2, 0.25) is 0 Å². The van der Waals surface area contributed by atoms with E-state index in [9.17, 15) is 9.90 Å². The lowest BCUT2D eigenvalue weighted by Crippen LogP contribution is -2.65. The Morgan fingerprint density at radius 1 is 1.08 bits per heavy atom. The van der Waals surface area contributed by atoms with E-state index in [0.29, 0.717) is 19.6 Å². The molecule has 0 amide bonds. The van der Waals surface area contributed by atoms with Crippen LogP contribution in [0.15, 0.2) is 11.6 Å². The zero-order valence-corrected chi connectivity index (χ0v) is 15.4. The van der Waals surface area contributed by atoms with Crippen LogP contribution >= 0.6 is 0 Å². The minimum absolute atomic E-state index is 0.124. The Hall–Kier alpha value is -0.710. The molecule has 0 aromatic rings. The van der Waals surface area contributed by atoms with Crippen molar-refractivity contribution in [3.63, 3.8) is 0 Å². The van der Waals surface area contributed by atoms with Gasteiger partial charge in [-0.1, -0.05) is 39.3 Å². The highest BCUT2D eigenvalue weighted by Gasteiger charge is 2.68. The van der Waals surface area contributed by atoms with Crippen LogP contribution < -0.4 is 0 Å². The van der Waals surface area contributed by atoms with E-state index in [1.807, 2.05) is 0 Å². The van der Waals surface area contributed by atoms with Crippen molar-refractivity contribution in [3.05, 3.63) is 11.6 Å². The molecular weight excluding hydrogens is 304 g/mol. The van der Waals surface area contributed by atoms with Gasteiger partial charge in [-0.3, -0.25) is 4.79 Å². The molecular formula is C20H30O4. The minimum atomic E-state index is -0.631. The van der Waals surface area contributed by atoms with Gasteiger partial charge < -0.3 is 14.6 Å². The highest BCUT2D eigenvalue weighted by molar-refractivity contribution is 5.86. The molecule has 4 atom stereocenters. The first kappa shape index (κ1) is 16.7. The van der Waals surface area contributed by atoms with Crippen molar-refractivity contribution >= 4 is 5.78 Å². The number of rotatable bonds is 0. The number of ketones is 1. The fourth-order valence-electron chi connectivity index (χ4n) is 6.61. The Balaban J connectivity index is 1.83. The first-order chi connectivity index (χ1) is 11.2. The Bertz CT molecular complexity index is 601. The maximum atomic E-state index is 13.3. The van der Waals surface area contributed by atoms with Gasteiger partial charge in [-0.2, -0.15) is 0 Å². The summed E-state index contributed by atoms with van der Waals surface area (Å²) < 4.78 is 12.2. The van der Waals surface area contributed by atoms with E-state index in [-0.39, 0.29) is 22.5 Å². The highest BCUT2D eigenvalue weighted by atomic mass is 16.7. The zero-order chi connectivity index (χ0) is 17.4. The third kappa shape index (κ3) is 1.83. The molecule has 0 radical (unpaired) electrons. The predicted molar refractivity (Wildman–Crippen MR) is 90.3 cm³/mol. The third-order valence-electron chi connectivity index (χ3n) is 7.69. The number of aliphatic hydroxyl groups is 1. The van der Waals surface area contributed by atoms with E-state index in [0.717, 1.165) is 25.7 Å². The largest absolute Gasteiger partial charge is 0.392 e. The van der Waals surface area contributed by atoms with Gasteiger partial charge in [0.25, 0.3) is 0 Å². The standard InChI is InChI=1S/C20H30O4/c1-17(2)16-13(21)12-19(4)14(6-5-7-15(19)22)18(16,3)8-9-20(17)23-10-11-24-20/h6,15-16,22H,5,7-12H2,1-4H3/t15-,16?,18-,19-/m1/s1. The molecule has 24 heavy (non-hydrogen) atoms. The SMILES string of the molecule is CC1(C)C2C(=O)C[C@]3(C)C(=CCC[C@H]3O)[C@@]2(C)CCC12OCCO2. The van der Waals surface area contributed by atoms with E-state index < -0.39 is 17.3 Å². The van der Waals surface area contributed by atoms with Crippen molar-refractivity contribution < 1.29 is 19.4 Å². The predicted octanol–water partition coefficient (Wildman–Crippen LogP) is 3.23. The summed E-state index contributed by atoms with van der Waals surface area (Å²) in [6.07, 6.45) is 5.67. The number of ether oxygens (including phenoxy) is 2. The van der Waals surface area contributed by atoms with Crippen molar-refractivity contribution in [2.45, 2.75) is 71.7 Å². The van der Waals surface area contributed by atoms with Crippen LogP contribution in [0, 0.1) is 22.2 Å². The van der Waals surface area contributed by atoms with Crippen molar-refractivity contribution in [2.24, 2.45) is 22.2 Å². The minimum Gasteiger partial charge on any atom is -0.392 e. The number of Topliss-reactive ketones (excluding diaryl/α,β-unsaturated/α-hetero) is 1. The van der Waals surface area contributed by atoms with Crippen LogP contribution in [0.5, 0.6) is 0 Å². The van der Waals surface area contributed by atoms with Gasteiger partial charge in [0.15, 0.2) is 5.79 Å². The summed E-state index contributed by atoms with van der Waals surface area (Å²) in [6, 6.07) is 0. The summed E-state index contributed by atoms with van der Waals surface area (Å²) >= 11 is 0. The number of hydrogen-bond donors (Lipinski definition) is 1. The number of carbonyl (C=O) groups is 1. The Kier molecular flexibility index (Phi) is 3.44. The van der Waals surface area contributed by atoms with Crippen LogP contribution in [0.1, 0.15) is 59.8 Å². The smallest absolute Gasteiger partial charge is 0.174 e. The maximum Gasteiger partial charge on any atom is 0.174 e. The molecule has 0 bridgehead atoms. The molecule has 4 aliphatic rings. The number of carbonyl (C=O) groups excluding carboxylic acids is 1. The molecule has 2 saturated carbocycles. The molecule has 3 aliphatic carbocycles. The Morgan fingerprint density at radius 3 is 2.42 bits per heavy atom. The van der Waals surface area contributed by atoms with Gasteiger partial charge in [0.1, 0.15) is 5.78 Å². The molecule has 1 aliphatic heterocycles.